The minimum Gasteiger partial charge on any atom is -0.481 e. The lowest BCUT2D eigenvalue weighted by atomic mass is 9.73. The number of aliphatic carboxylic acids is 1. The number of piperidine rings is 1. The first kappa shape index (κ1) is 18.8. The number of carbonyl (C=O) groups is 1. The molecule has 2 heterocycles. The number of likely N-dealkylation sites (tertiary alicyclic amines) is 1. The number of rotatable bonds is 4. The summed E-state index contributed by atoms with van der Waals surface area (Å²) in [5.41, 5.74) is 0.644. The van der Waals surface area contributed by atoms with E-state index in [9.17, 15) is 23.1 Å². The fourth-order valence-electron chi connectivity index (χ4n) is 3.14. The Morgan fingerprint density at radius 1 is 1.33 bits per heavy atom. The van der Waals surface area contributed by atoms with Crippen LogP contribution in [0.5, 0.6) is 0 Å². The normalized spacial score (nSPS) is 23.4. The Morgan fingerprint density at radius 3 is 2.54 bits per heavy atom. The van der Waals surface area contributed by atoms with Gasteiger partial charge in [-0.25, -0.2) is 0 Å². The van der Waals surface area contributed by atoms with Gasteiger partial charge in [-0.05, 0) is 17.8 Å². The summed E-state index contributed by atoms with van der Waals surface area (Å²) in [6.45, 7) is 6.69. The first-order valence-corrected chi connectivity index (χ1v) is 7.97. The second-order valence-corrected chi connectivity index (χ2v) is 7.69. The van der Waals surface area contributed by atoms with Crippen LogP contribution in [0.15, 0.2) is 12.4 Å². The van der Waals surface area contributed by atoms with Gasteiger partial charge < -0.3 is 5.11 Å². The summed E-state index contributed by atoms with van der Waals surface area (Å²) in [5.74, 6) is -1.05. The van der Waals surface area contributed by atoms with Gasteiger partial charge in [0.1, 0.15) is 6.54 Å². The summed E-state index contributed by atoms with van der Waals surface area (Å²) in [5, 5.41) is 13.1. The Morgan fingerprint density at radius 2 is 2.00 bits per heavy atom. The highest BCUT2D eigenvalue weighted by molar-refractivity contribution is 5.70. The Hall–Kier alpha value is -1.57. The second kappa shape index (κ2) is 6.74. The summed E-state index contributed by atoms with van der Waals surface area (Å²) in [4.78, 5) is 13.4. The van der Waals surface area contributed by atoms with E-state index in [4.69, 9.17) is 0 Å². The quantitative estimate of drug-likeness (QED) is 0.910. The van der Waals surface area contributed by atoms with E-state index < -0.39 is 24.6 Å². The highest BCUT2D eigenvalue weighted by atomic mass is 19.4. The molecule has 0 radical (unpaired) electrons. The van der Waals surface area contributed by atoms with Gasteiger partial charge in [0.15, 0.2) is 0 Å². The number of hydrogen-bond donors (Lipinski definition) is 1. The Balaban J connectivity index is 2.06. The lowest BCUT2D eigenvalue weighted by molar-refractivity contribution is -0.145. The van der Waals surface area contributed by atoms with Crippen molar-refractivity contribution in [3.05, 3.63) is 18.0 Å². The number of halogens is 3. The second-order valence-electron chi connectivity index (χ2n) is 7.69. The topological polar surface area (TPSA) is 58.4 Å². The SMILES string of the molecule is CC(C)(C)[C@@H]1C[C@H](C(=O)O)CN(Cc2cnn(CC(F)(F)F)c2)C1. The molecule has 0 aromatic carbocycles. The number of carboxylic acid groups (broad SMARTS) is 1. The van der Waals surface area contributed by atoms with E-state index >= 15 is 0 Å². The van der Waals surface area contributed by atoms with Crippen molar-refractivity contribution in [2.45, 2.75) is 46.5 Å². The van der Waals surface area contributed by atoms with Crippen molar-refractivity contribution in [2.24, 2.45) is 17.3 Å². The molecule has 0 bridgehead atoms. The Bertz CT molecular complexity index is 578. The molecule has 2 rings (SSSR count). The fourth-order valence-corrected chi connectivity index (χ4v) is 3.14. The maximum atomic E-state index is 12.4. The monoisotopic (exact) mass is 347 g/mol. The zero-order chi connectivity index (χ0) is 18.1. The van der Waals surface area contributed by atoms with Crippen molar-refractivity contribution in [2.75, 3.05) is 13.1 Å². The predicted molar refractivity (Wildman–Crippen MR) is 82.2 cm³/mol. The minimum absolute atomic E-state index is 0.0210. The molecule has 0 amide bonds. The van der Waals surface area contributed by atoms with Crippen LogP contribution in [-0.4, -0.2) is 45.0 Å². The number of hydrogen-bond acceptors (Lipinski definition) is 3. The summed E-state index contributed by atoms with van der Waals surface area (Å²) in [7, 11) is 0. The van der Waals surface area contributed by atoms with Crippen molar-refractivity contribution >= 4 is 5.97 Å². The molecule has 1 aliphatic rings. The average Bonchev–Trinajstić information content (AvgIpc) is 2.82. The van der Waals surface area contributed by atoms with E-state index in [0.717, 1.165) is 11.2 Å². The van der Waals surface area contributed by atoms with Crippen LogP contribution in [0.3, 0.4) is 0 Å². The number of aromatic nitrogens is 2. The standard InChI is InChI=1S/C16H24F3N3O2/c1-15(2,3)13-4-12(14(23)24)8-21(9-13)6-11-5-20-22(7-11)10-16(17,18)19/h5,7,12-13H,4,6,8-10H2,1-3H3,(H,23,24)/t12-,13+/m0/s1. The molecule has 1 fully saturated rings. The average molecular weight is 347 g/mol. The maximum absolute atomic E-state index is 12.4. The van der Waals surface area contributed by atoms with Gasteiger partial charge in [-0.2, -0.15) is 18.3 Å². The zero-order valence-corrected chi connectivity index (χ0v) is 14.2. The zero-order valence-electron chi connectivity index (χ0n) is 14.2. The number of alkyl halides is 3. The summed E-state index contributed by atoms with van der Waals surface area (Å²) >= 11 is 0. The largest absolute Gasteiger partial charge is 0.481 e. The Kier molecular flexibility index (Phi) is 5.27. The van der Waals surface area contributed by atoms with E-state index in [0.29, 0.717) is 25.1 Å². The summed E-state index contributed by atoms with van der Waals surface area (Å²) < 4.78 is 38.1. The van der Waals surface area contributed by atoms with Crippen molar-refractivity contribution < 1.29 is 23.1 Å². The van der Waals surface area contributed by atoms with Crippen LogP contribution in [0.25, 0.3) is 0 Å². The highest BCUT2D eigenvalue weighted by Crippen LogP contribution is 2.36. The van der Waals surface area contributed by atoms with Gasteiger partial charge in [0.2, 0.25) is 0 Å². The molecule has 1 aromatic rings. The lowest BCUT2D eigenvalue weighted by Gasteiger charge is -2.42. The van der Waals surface area contributed by atoms with Crippen LogP contribution in [-0.2, 0) is 17.9 Å². The van der Waals surface area contributed by atoms with Gasteiger partial charge in [0.05, 0.1) is 12.1 Å². The van der Waals surface area contributed by atoms with Gasteiger partial charge in [-0.3, -0.25) is 14.4 Å². The van der Waals surface area contributed by atoms with E-state index in [1.54, 1.807) is 0 Å². The van der Waals surface area contributed by atoms with Gasteiger partial charge in [0.25, 0.3) is 0 Å². The molecular formula is C16H24F3N3O2. The van der Waals surface area contributed by atoms with Crippen molar-refractivity contribution in [1.29, 1.82) is 0 Å². The van der Waals surface area contributed by atoms with Crippen LogP contribution in [0, 0.1) is 17.3 Å². The lowest BCUT2D eigenvalue weighted by Crippen LogP contribution is -2.46. The molecule has 0 unspecified atom stereocenters. The van der Waals surface area contributed by atoms with Gasteiger partial charge in [-0.1, -0.05) is 20.8 Å². The van der Waals surface area contributed by atoms with Crippen LogP contribution in [0.4, 0.5) is 13.2 Å². The minimum atomic E-state index is -4.31. The molecule has 1 aliphatic heterocycles. The van der Waals surface area contributed by atoms with E-state index in [1.807, 2.05) is 4.90 Å². The molecule has 1 aromatic heterocycles. The van der Waals surface area contributed by atoms with Gasteiger partial charge >= 0.3 is 12.1 Å². The third kappa shape index (κ3) is 5.22. The fraction of sp³-hybridized carbons (Fsp3) is 0.750. The van der Waals surface area contributed by atoms with E-state index in [2.05, 4.69) is 25.9 Å². The molecule has 136 valence electrons. The molecule has 0 aliphatic carbocycles. The predicted octanol–water partition coefficient (Wildman–Crippen LogP) is 3.01. The molecule has 1 saturated heterocycles. The molecule has 5 nitrogen and oxygen atoms in total. The van der Waals surface area contributed by atoms with Gasteiger partial charge in [0, 0.05) is 31.4 Å². The van der Waals surface area contributed by atoms with Crippen LogP contribution in [0.2, 0.25) is 0 Å². The molecule has 0 saturated carbocycles. The number of carboxylic acids is 1. The molecular weight excluding hydrogens is 323 g/mol. The first-order chi connectivity index (χ1) is 10.9. The highest BCUT2D eigenvalue weighted by Gasteiger charge is 2.37. The summed E-state index contributed by atoms with van der Waals surface area (Å²) in [6, 6.07) is 0. The van der Waals surface area contributed by atoms with E-state index in [1.165, 1.54) is 12.4 Å². The third-order valence-corrected chi connectivity index (χ3v) is 4.53. The Labute approximate surface area is 139 Å². The van der Waals surface area contributed by atoms with Crippen molar-refractivity contribution in [1.82, 2.24) is 14.7 Å². The maximum Gasteiger partial charge on any atom is 0.408 e. The molecule has 8 heteroatoms. The first-order valence-electron chi connectivity index (χ1n) is 7.97. The third-order valence-electron chi connectivity index (χ3n) is 4.53. The molecule has 1 N–H and O–H groups in total. The molecule has 0 spiro atoms. The van der Waals surface area contributed by atoms with Crippen LogP contribution in [0.1, 0.15) is 32.8 Å². The van der Waals surface area contributed by atoms with E-state index in [-0.39, 0.29) is 11.3 Å². The number of nitrogens with zero attached hydrogens (tertiary/aromatic N) is 3. The van der Waals surface area contributed by atoms with Crippen molar-refractivity contribution in [3.8, 4) is 0 Å². The summed E-state index contributed by atoms with van der Waals surface area (Å²) in [6.07, 6.45) is -0.880. The van der Waals surface area contributed by atoms with Gasteiger partial charge in [-0.15, -0.1) is 0 Å². The smallest absolute Gasteiger partial charge is 0.408 e. The van der Waals surface area contributed by atoms with Crippen LogP contribution < -0.4 is 0 Å². The molecule has 24 heavy (non-hydrogen) atoms. The van der Waals surface area contributed by atoms with Crippen molar-refractivity contribution in [3.63, 3.8) is 0 Å². The molecule has 2 atom stereocenters. The van der Waals surface area contributed by atoms with Crippen LogP contribution >= 0.6 is 0 Å².